The summed E-state index contributed by atoms with van der Waals surface area (Å²) in [6, 6.07) is 18.9. The molecular formula is C17H19NO3. The first-order chi connectivity index (χ1) is 10.3. The number of alkyl carbamates (subject to hydrolysis) is 1. The van der Waals surface area contributed by atoms with Crippen LogP contribution in [0, 0.1) is 0 Å². The highest BCUT2D eigenvalue weighted by atomic mass is 16.5. The molecular weight excluding hydrogens is 266 g/mol. The van der Waals surface area contributed by atoms with Crippen LogP contribution in [0.25, 0.3) is 0 Å². The number of nitrogens with one attached hydrogen (secondary N) is 1. The number of benzene rings is 2. The molecule has 0 spiro atoms. The van der Waals surface area contributed by atoms with Gasteiger partial charge in [-0.1, -0.05) is 60.7 Å². The minimum absolute atomic E-state index is 0.244. The molecule has 2 aromatic carbocycles. The molecule has 0 heterocycles. The van der Waals surface area contributed by atoms with Crippen molar-refractivity contribution in [3.05, 3.63) is 71.8 Å². The molecule has 0 radical (unpaired) electrons. The molecule has 0 saturated carbocycles. The van der Waals surface area contributed by atoms with Crippen molar-refractivity contribution in [2.45, 2.75) is 19.1 Å². The fourth-order valence-electron chi connectivity index (χ4n) is 1.93. The van der Waals surface area contributed by atoms with Gasteiger partial charge in [-0.05, 0) is 17.5 Å². The first kappa shape index (κ1) is 15.1. The van der Waals surface area contributed by atoms with Gasteiger partial charge in [-0.3, -0.25) is 0 Å². The summed E-state index contributed by atoms with van der Waals surface area (Å²) in [6.07, 6.45) is -0.607. The van der Waals surface area contributed by atoms with E-state index < -0.39 is 12.2 Å². The van der Waals surface area contributed by atoms with E-state index in [0.29, 0.717) is 13.0 Å². The van der Waals surface area contributed by atoms with Crippen LogP contribution in [0.1, 0.15) is 23.7 Å². The van der Waals surface area contributed by atoms with Crippen molar-refractivity contribution in [2.75, 3.05) is 6.54 Å². The summed E-state index contributed by atoms with van der Waals surface area (Å²) in [5.74, 6) is 0. The first-order valence-corrected chi connectivity index (χ1v) is 6.93. The van der Waals surface area contributed by atoms with Crippen molar-refractivity contribution >= 4 is 6.09 Å². The van der Waals surface area contributed by atoms with Crippen molar-refractivity contribution in [1.82, 2.24) is 5.32 Å². The van der Waals surface area contributed by atoms with Crippen molar-refractivity contribution in [3.63, 3.8) is 0 Å². The van der Waals surface area contributed by atoms with E-state index in [4.69, 9.17) is 4.74 Å². The van der Waals surface area contributed by atoms with Gasteiger partial charge in [-0.25, -0.2) is 4.79 Å². The summed E-state index contributed by atoms with van der Waals surface area (Å²) in [6.45, 7) is 0.609. The Bertz CT molecular complexity index is 542. The third kappa shape index (κ3) is 5.28. The van der Waals surface area contributed by atoms with Crippen LogP contribution in [0.15, 0.2) is 60.7 Å². The number of hydrogen-bond donors (Lipinski definition) is 2. The lowest BCUT2D eigenvalue weighted by Gasteiger charge is -2.11. The Morgan fingerprint density at radius 2 is 1.67 bits per heavy atom. The molecule has 0 aliphatic rings. The van der Waals surface area contributed by atoms with Crippen LogP contribution >= 0.6 is 0 Å². The number of rotatable bonds is 6. The third-order valence-corrected chi connectivity index (χ3v) is 3.08. The summed E-state index contributed by atoms with van der Waals surface area (Å²) in [4.78, 5) is 11.5. The molecule has 2 N–H and O–H groups in total. The maximum Gasteiger partial charge on any atom is 0.407 e. The Balaban J connectivity index is 1.65. The number of carbonyl (C=O) groups is 1. The van der Waals surface area contributed by atoms with Gasteiger partial charge < -0.3 is 15.2 Å². The molecule has 4 heteroatoms. The van der Waals surface area contributed by atoms with Gasteiger partial charge in [0.15, 0.2) is 0 Å². The second kappa shape index (κ2) is 8.07. The van der Waals surface area contributed by atoms with Crippen LogP contribution in [-0.2, 0) is 11.3 Å². The number of carbonyl (C=O) groups excluding carboxylic acids is 1. The van der Waals surface area contributed by atoms with E-state index in [0.717, 1.165) is 11.1 Å². The normalized spacial score (nSPS) is 11.7. The average molecular weight is 285 g/mol. The molecule has 21 heavy (non-hydrogen) atoms. The van der Waals surface area contributed by atoms with Crippen molar-refractivity contribution in [2.24, 2.45) is 0 Å². The zero-order valence-electron chi connectivity index (χ0n) is 11.7. The van der Waals surface area contributed by atoms with Crippen LogP contribution in [0.2, 0.25) is 0 Å². The fraction of sp³-hybridized carbons (Fsp3) is 0.235. The molecule has 0 aromatic heterocycles. The lowest BCUT2D eigenvalue weighted by molar-refractivity contribution is 0.133. The highest BCUT2D eigenvalue weighted by molar-refractivity contribution is 5.67. The minimum Gasteiger partial charge on any atom is -0.445 e. The average Bonchev–Trinajstić information content (AvgIpc) is 2.54. The number of aliphatic hydroxyl groups is 1. The molecule has 2 rings (SSSR count). The zero-order chi connectivity index (χ0) is 14.9. The molecule has 0 aliphatic carbocycles. The zero-order valence-corrected chi connectivity index (χ0v) is 11.7. The van der Waals surface area contributed by atoms with Crippen LogP contribution in [-0.4, -0.2) is 17.7 Å². The maximum absolute atomic E-state index is 11.5. The number of aliphatic hydroxyl groups excluding tert-OH is 1. The van der Waals surface area contributed by atoms with Crippen LogP contribution in [0.5, 0.6) is 0 Å². The summed E-state index contributed by atoms with van der Waals surface area (Å²) in [7, 11) is 0. The van der Waals surface area contributed by atoms with E-state index in [-0.39, 0.29) is 6.61 Å². The Morgan fingerprint density at radius 3 is 2.33 bits per heavy atom. The maximum atomic E-state index is 11.5. The smallest absolute Gasteiger partial charge is 0.407 e. The number of ether oxygens (including phenoxy) is 1. The topological polar surface area (TPSA) is 58.6 Å². The molecule has 0 aliphatic heterocycles. The van der Waals surface area contributed by atoms with E-state index in [2.05, 4.69) is 5.32 Å². The van der Waals surface area contributed by atoms with Gasteiger partial charge in [0.1, 0.15) is 6.61 Å². The number of hydrogen-bond acceptors (Lipinski definition) is 3. The lowest BCUT2D eigenvalue weighted by atomic mass is 10.1. The van der Waals surface area contributed by atoms with Crippen molar-refractivity contribution in [3.8, 4) is 0 Å². The monoisotopic (exact) mass is 285 g/mol. The number of amides is 1. The molecule has 110 valence electrons. The Labute approximate surface area is 124 Å². The molecule has 1 atom stereocenters. The van der Waals surface area contributed by atoms with Gasteiger partial charge in [-0.15, -0.1) is 0 Å². The molecule has 0 bridgehead atoms. The summed E-state index contributed by atoms with van der Waals surface area (Å²) >= 11 is 0. The summed E-state index contributed by atoms with van der Waals surface area (Å²) in [5, 5.41) is 12.6. The molecule has 0 unspecified atom stereocenters. The highest BCUT2D eigenvalue weighted by Gasteiger charge is 2.08. The van der Waals surface area contributed by atoms with Crippen LogP contribution in [0.4, 0.5) is 4.79 Å². The standard InChI is InChI=1S/C17H19NO3/c19-16(15-9-5-2-6-10-15)11-12-18-17(20)21-13-14-7-3-1-4-8-14/h1-10,16,19H,11-13H2,(H,18,20)/t16-/m0/s1. The third-order valence-electron chi connectivity index (χ3n) is 3.08. The van der Waals surface area contributed by atoms with Crippen LogP contribution in [0.3, 0.4) is 0 Å². The van der Waals surface area contributed by atoms with E-state index in [1.54, 1.807) is 0 Å². The molecule has 0 fully saturated rings. The van der Waals surface area contributed by atoms with Gasteiger partial charge in [0.05, 0.1) is 6.10 Å². The van der Waals surface area contributed by atoms with Gasteiger partial charge in [-0.2, -0.15) is 0 Å². The minimum atomic E-state index is -0.583. The van der Waals surface area contributed by atoms with E-state index in [9.17, 15) is 9.90 Å². The van der Waals surface area contributed by atoms with Gasteiger partial charge in [0.25, 0.3) is 0 Å². The molecule has 0 saturated heterocycles. The van der Waals surface area contributed by atoms with E-state index in [1.807, 2.05) is 60.7 Å². The fourth-order valence-corrected chi connectivity index (χ4v) is 1.93. The van der Waals surface area contributed by atoms with E-state index in [1.165, 1.54) is 0 Å². The summed E-state index contributed by atoms with van der Waals surface area (Å²) < 4.78 is 5.08. The van der Waals surface area contributed by atoms with Crippen molar-refractivity contribution < 1.29 is 14.6 Å². The van der Waals surface area contributed by atoms with Crippen LogP contribution < -0.4 is 5.32 Å². The molecule has 2 aromatic rings. The molecule has 4 nitrogen and oxygen atoms in total. The molecule has 1 amide bonds. The summed E-state index contributed by atoms with van der Waals surface area (Å²) in [5.41, 5.74) is 1.79. The van der Waals surface area contributed by atoms with Gasteiger partial charge >= 0.3 is 6.09 Å². The Morgan fingerprint density at radius 1 is 1.05 bits per heavy atom. The van der Waals surface area contributed by atoms with Crippen molar-refractivity contribution in [1.29, 1.82) is 0 Å². The first-order valence-electron chi connectivity index (χ1n) is 6.93. The van der Waals surface area contributed by atoms with E-state index >= 15 is 0 Å². The van der Waals surface area contributed by atoms with Gasteiger partial charge in [0, 0.05) is 6.54 Å². The SMILES string of the molecule is O=C(NCC[C@H](O)c1ccccc1)OCc1ccccc1. The second-order valence-corrected chi connectivity index (χ2v) is 4.70. The van der Waals surface area contributed by atoms with Gasteiger partial charge in [0.2, 0.25) is 0 Å². The largest absolute Gasteiger partial charge is 0.445 e. The quantitative estimate of drug-likeness (QED) is 0.857. The predicted molar refractivity (Wildman–Crippen MR) is 80.6 cm³/mol. The Hall–Kier alpha value is -2.33. The second-order valence-electron chi connectivity index (χ2n) is 4.70. The lowest BCUT2D eigenvalue weighted by Crippen LogP contribution is -2.26. The highest BCUT2D eigenvalue weighted by Crippen LogP contribution is 2.14. The predicted octanol–water partition coefficient (Wildman–Crippen LogP) is 3.04. The Kier molecular flexibility index (Phi) is 5.79.